The van der Waals surface area contributed by atoms with Crippen LogP contribution in [-0.2, 0) is 4.79 Å². The Balaban J connectivity index is 2.13. The van der Waals surface area contributed by atoms with Gasteiger partial charge in [0.05, 0.1) is 6.04 Å². The summed E-state index contributed by atoms with van der Waals surface area (Å²) in [6, 6.07) is 0.265. The van der Waals surface area contributed by atoms with E-state index in [0.29, 0.717) is 12.3 Å². The van der Waals surface area contributed by atoms with E-state index in [-0.39, 0.29) is 11.9 Å². The summed E-state index contributed by atoms with van der Waals surface area (Å²) in [5.74, 6) is 0.733. The molecule has 13 heavy (non-hydrogen) atoms. The van der Waals surface area contributed by atoms with Crippen LogP contribution < -0.4 is 5.32 Å². The first kappa shape index (κ1) is 8.54. The third-order valence-corrected chi connectivity index (χ3v) is 2.85. The zero-order valence-corrected chi connectivity index (χ0v) is 7.92. The zero-order chi connectivity index (χ0) is 9.26. The Kier molecular flexibility index (Phi) is 2.21. The fraction of sp³-hybridized carbons (Fsp3) is 0.545. The maximum absolute atomic E-state index is 11.1. The minimum absolute atomic E-state index is 0.197. The first-order valence-corrected chi connectivity index (χ1v) is 4.98. The summed E-state index contributed by atoms with van der Waals surface area (Å²) in [6.45, 7) is 2.14. The van der Waals surface area contributed by atoms with Gasteiger partial charge in [-0.3, -0.25) is 4.79 Å². The van der Waals surface area contributed by atoms with Gasteiger partial charge in [-0.1, -0.05) is 30.7 Å². The van der Waals surface area contributed by atoms with Gasteiger partial charge in [0.1, 0.15) is 0 Å². The molecule has 2 atom stereocenters. The second-order valence-electron chi connectivity index (χ2n) is 3.75. The highest BCUT2D eigenvalue weighted by molar-refractivity contribution is 5.77. The molecule has 0 spiro atoms. The average Bonchev–Trinajstić information content (AvgIpc) is 2.16. The summed E-state index contributed by atoms with van der Waals surface area (Å²) in [6.07, 6.45) is 9.36. The molecular weight excluding hydrogens is 162 g/mol. The van der Waals surface area contributed by atoms with Crippen molar-refractivity contribution in [3.8, 4) is 0 Å². The molecule has 0 aromatic heterocycles. The Hall–Kier alpha value is -1.05. The van der Waals surface area contributed by atoms with Crippen molar-refractivity contribution in [2.45, 2.75) is 32.2 Å². The number of rotatable bonds is 1. The number of carbonyl (C=O) groups excluding carboxylic acids is 1. The van der Waals surface area contributed by atoms with E-state index in [1.165, 1.54) is 5.57 Å². The number of fused-ring (bicyclic) bond motifs is 1. The van der Waals surface area contributed by atoms with Crippen molar-refractivity contribution in [1.29, 1.82) is 0 Å². The molecule has 2 nitrogen and oxygen atoms in total. The lowest BCUT2D eigenvalue weighted by molar-refractivity contribution is -0.123. The first-order chi connectivity index (χ1) is 6.29. The molecule has 2 unspecified atom stereocenters. The number of carbonyl (C=O) groups is 1. The van der Waals surface area contributed by atoms with E-state index >= 15 is 0 Å². The van der Waals surface area contributed by atoms with Gasteiger partial charge in [0.15, 0.2) is 0 Å². The van der Waals surface area contributed by atoms with Gasteiger partial charge in [-0.25, -0.2) is 0 Å². The van der Waals surface area contributed by atoms with E-state index in [9.17, 15) is 4.79 Å². The lowest BCUT2D eigenvalue weighted by Gasteiger charge is -2.31. The fourth-order valence-electron chi connectivity index (χ4n) is 1.99. The lowest BCUT2D eigenvalue weighted by atomic mass is 9.85. The molecular formula is C11H15NO. The Morgan fingerprint density at radius 1 is 1.62 bits per heavy atom. The minimum atomic E-state index is 0.197. The van der Waals surface area contributed by atoms with Gasteiger partial charge in [-0.05, 0) is 12.8 Å². The predicted molar refractivity (Wildman–Crippen MR) is 52.2 cm³/mol. The molecule has 0 aromatic rings. The normalized spacial score (nSPS) is 32.1. The van der Waals surface area contributed by atoms with Crippen LogP contribution in [0.5, 0.6) is 0 Å². The van der Waals surface area contributed by atoms with Crippen molar-refractivity contribution in [3.05, 3.63) is 23.8 Å². The Morgan fingerprint density at radius 2 is 2.46 bits per heavy atom. The van der Waals surface area contributed by atoms with E-state index in [2.05, 4.69) is 30.5 Å². The molecule has 1 saturated heterocycles. The van der Waals surface area contributed by atoms with Crippen LogP contribution in [0.15, 0.2) is 23.8 Å². The van der Waals surface area contributed by atoms with Crippen molar-refractivity contribution in [3.63, 3.8) is 0 Å². The van der Waals surface area contributed by atoms with Crippen molar-refractivity contribution < 1.29 is 4.79 Å². The summed E-state index contributed by atoms with van der Waals surface area (Å²) >= 11 is 0. The summed E-state index contributed by atoms with van der Waals surface area (Å²) in [5, 5.41) is 3.02. The predicted octanol–water partition coefficient (Wildman–Crippen LogP) is 1.79. The van der Waals surface area contributed by atoms with Crippen LogP contribution in [0, 0.1) is 5.92 Å². The molecule has 1 aliphatic carbocycles. The molecule has 1 amide bonds. The van der Waals surface area contributed by atoms with Crippen LogP contribution in [-0.4, -0.2) is 11.9 Å². The van der Waals surface area contributed by atoms with Crippen LogP contribution in [0.1, 0.15) is 26.2 Å². The number of hydrogen-bond acceptors (Lipinski definition) is 1. The number of piperidine rings is 1. The van der Waals surface area contributed by atoms with E-state index < -0.39 is 0 Å². The van der Waals surface area contributed by atoms with Crippen molar-refractivity contribution in [1.82, 2.24) is 5.32 Å². The van der Waals surface area contributed by atoms with Gasteiger partial charge in [-0.2, -0.15) is 0 Å². The highest BCUT2D eigenvalue weighted by Gasteiger charge is 2.26. The van der Waals surface area contributed by atoms with E-state index in [1.54, 1.807) is 0 Å². The van der Waals surface area contributed by atoms with Gasteiger partial charge < -0.3 is 5.32 Å². The van der Waals surface area contributed by atoms with Crippen LogP contribution >= 0.6 is 0 Å². The highest BCUT2D eigenvalue weighted by atomic mass is 16.1. The number of nitrogens with one attached hydrogen (secondary N) is 1. The molecule has 1 aliphatic heterocycles. The largest absolute Gasteiger partial charge is 0.349 e. The van der Waals surface area contributed by atoms with Gasteiger partial charge in [0.2, 0.25) is 5.91 Å². The highest BCUT2D eigenvalue weighted by Crippen LogP contribution is 2.25. The summed E-state index contributed by atoms with van der Waals surface area (Å²) < 4.78 is 0. The average molecular weight is 177 g/mol. The number of hydrogen-bond donors (Lipinski definition) is 1. The van der Waals surface area contributed by atoms with Gasteiger partial charge >= 0.3 is 0 Å². The monoisotopic (exact) mass is 177 g/mol. The topological polar surface area (TPSA) is 29.1 Å². The zero-order valence-electron chi connectivity index (χ0n) is 7.92. The molecule has 70 valence electrons. The second-order valence-corrected chi connectivity index (χ2v) is 3.75. The molecule has 2 heteroatoms. The molecule has 0 aromatic carbocycles. The van der Waals surface area contributed by atoms with E-state index in [4.69, 9.17) is 0 Å². The summed E-state index contributed by atoms with van der Waals surface area (Å²) in [7, 11) is 0. The molecule has 2 aliphatic rings. The smallest absolute Gasteiger partial charge is 0.220 e. The van der Waals surface area contributed by atoms with Gasteiger partial charge in [0.25, 0.3) is 0 Å². The van der Waals surface area contributed by atoms with Crippen LogP contribution in [0.25, 0.3) is 0 Å². The molecule has 1 N–H and O–H groups in total. The van der Waals surface area contributed by atoms with E-state index in [1.807, 2.05) is 0 Å². The molecule has 2 rings (SSSR count). The quantitative estimate of drug-likeness (QED) is 0.650. The van der Waals surface area contributed by atoms with Gasteiger partial charge in [0, 0.05) is 12.3 Å². The number of amides is 1. The summed E-state index contributed by atoms with van der Waals surface area (Å²) in [5.41, 5.74) is 1.34. The second kappa shape index (κ2) is 3.36. The minimum Gasteiger partial charge on any atom is -0.349 e. The molecule has 1 heterocycles. The Bertz CT molecular complexity index is 278. The van der Waals surface area contributed by atoms with Crippen molar-refractivity contribution >= 4 is 5.91 Å². The molecule has 0 saturated carbocycles. The Morgan fingerprint density at radius 3 is 3.23 bits per heavy atom. The van der Waals surface area contributed by atoms with Crippen LogP contribution in [0.3, 0.4) is 0 Å². The molecule has 1 fully saturated rings. The summed E-state index contributed by atoms with van der Waals surface area (Å²) in [4.78, 5) is 11.1. The van der Waals surface area contributed by atoms with Crippen LogP contribution in [0.4, 0.5) is 0 Å². The SMILES string of the molecule is CCC1=CC2NC(=O)CCC2C=C1. The number of allylic oxidation sites excluding steroid dienone is 2. The molecule has 0 bridgehead atoms. The maximum Gasteiger partial charge on any atom is 0.220 e. The fourth-order valence-corrected chi connectivity index (χ4v) is 1.99. The standard InChI is InChI=1S/C11H15NO/c1-2-8-3-4-9-5-6-11(13)12-10(9)7-8/h3-4,7,9-10H,2,5-6H2,1H3,(H,12,13). The van der Waals surface area contributed by atoms with Crippen LogP contribution in [0.2, 0.25) is 0 Å². The lowest BCUT2D eigenvalue weighted by Crippen LogP contribution is -2.43. The third kappa shape index (κ3) is 1.67. The molecule has 0 radical (unpaired) electrons. The van der Waals surface area contributed by atoms with Gasteiger partial charge in [-0.15, -0.1) is 0 Å². The Labute approximate surface area is 78.7 Å². The van der Waals surface area contributed by atoms with E-state index in [0.717, 1.165) is 12.8 Å². The first-order valence-electron chi connectivity index (χ1n) is 4.98. The van der Waals surface area contributed by atoms with Crippen molar-refractivity contribution in [2.75, 3.05) is 0 Å². The maximum atomic E-state index is 11.1. The van der Waals surface area contributed by atoms with Crippen molar-refractivity contribution in [2.24, 2.45) is 5.92 Å². The third-order valence-electron chi connectivity index (χ3n) is 2.85.